The molecule has 4 rings (SSSR count). The van der Waals surface area contributed by atoms with Crippen molar-refractivity contribution in [2.75, 3.05) is 0 Å². The summed E-state index contributed by atoms with van der Waals surface area (Å²) >= 11 is 0. The van der Waals surface area contributed by atoms with Crippen LogP contribution in [0.5, 0.6) is 0 Å². The van der Waals surface area contributed by atoms with E-state index in [4.69, 9.17) is 4.42 Å². The molecule has 0 aliphatic rings. The first-order valence-electron chi connectivity index (χ1n) is 6.76. The van der Waals surface area contributed by atoms with Crippen LogP contribution in [-0.4, -0.2) is 9.55 Å². The maximum absolute atomic E-state index is 12.8. The summed E-state index contributed by atoms with van der Waals surface area (Å²) in [6.07, 6.45) is 0. The van der Waals surface area contributed by atoms with E-state index in [9.17, 15) is 9.59 Å². The highest BCUT2D eigenvalue weighted by molar-refractivity contribution is 6.02. The smallest absolute Gasteiger partial charge is 0.358 e. The predicted octanol–water partition coefficient (Wildman–Crippen LogP) is 2.49. The van der Waals surface area contributed by atoms with E-state index in [0.717, 1.165) is 4.57 Å². The normalized spacial score (nSPS) is 11.1. The Labute approximate surface area is 124 Å². The first kappa shape index (κ1) is 12.5. The minimum absolute atomic E-state index is 0.0726. The first-order valence-corrected chi connectivity index (χ1v) is 6.76. The number of furan rings is 1. The zero-order valence-electron chi connectivity index (χ0n) is 11.4. The van der Waals surface area contributed by atoms with Crippen LogP contribution in [0.2, 0.25) is 0 Å². The molecule has 0 aliphatic heterocycles. The maximum Gasteiger partial charge on any atom is 0.358 e. The summed E-state index contributed by atoms with van der Waals surface area (Å²) in [7, 11) is 0. The minimum atomic E-state index is -0.646. The second-order valence-corrected chi connectivity index (χ2v) is 4.84. The van der Waals surface area contributed by atoms with Crippen LogP contribution in [-0.2, 0) is 0 Å². The van der Waals surface area contributed by atoms with Crippen LogP contribution >= 0.6 is 0 Å². The van der Waals surface area contributed by atoms with Crippen LogP contribution in [0.25, 0.3) is 27.8 Å². The Kier molecular flexibility index (Phi) is 2.66. The molecule has 0 saturated heterocycles. The van der Waals surface area contributed by atoms with Crippen molar-refractivity contribution in [1.82, 2.24) is 9.55 Å². The molecule has 0 saturated carbocycles. The predicted molar refractivity (Wildman–Crippen MR) is 83.4 cm³/mol. The third-order valence-corrected chi connectivity index (χ3v) is 3.51. The molecule has 2 heterocycles. The monoisotopic (exact) mass is 290 g/mol. The van der Waals surface area contributed by atoms with Crippen molar-refractivity contribution in [2.24, 2.45) is 0 Å². The number of hydrogen-bond acceptors (Lipinski definition) is 4. The third-order valence-electron chi connectivity index (χ3n) is 3.51. The lowest BCUT2D eigenvalue weighted by molar-refractivity contribution is 0.647. The fourth-order valence-electron chi connectivity index (χ4n) is 2.52. The van der Waals surface area contributed by atoms with Gasteiger partial charge in [0.25, 0.3) is 5.56 Å². The van der Waals surface area contributed by atoms with E-state index >= 15 is 0 Å². The van der Waals surface area contributed by atoms with Gasteiger partial charge in [0.05, 0.1) is 5.69 Å². The largest absolute Gasteiger partial charge is 0.437 e. The Morgan fingerprint density at radius 2 is 1.55 bits per heavy atom. The molecule has 106 valence electrons. The lowest BCUT2D eigenvalue weighted by Crippen LogP contribution is -2.33. The Hall–Kier alpha value is -3.21. The molecule has 0 unspecified atom stereocenters. The fraction of sp³-hybridized carbons (Fsp3) is 0. The van der Waals surface area contributed by atoms with Crippen LogP contribution in [0, 0.1) is 0 Å². The molecule has 2 aromatic heterocycles. The molecule has 0 N–H and O–H groups in total. The van der Waals surface area contributed by atoms with Crippen molar-refractivity contribution in [1.29, 1.82) is 0 Å². The lowest BCUT2D eigenvalue weighted by Gasteiger charge is -2.02. The summed E-state index contributed by atoms with van der Waals surface area (Å²) in [6, 6.07) is 17.7. The van der Waals surface area contributed by atoms with Gasteiger partial charge in [-0.2, -0.15) is 4.98 Å². The summed E-state index contributed by atoms with van der Waals surface area (Å²) in [4.78, 5) is 28.9. The van der Waals surface area contributed by atoms with Crippen LogP contribution < -0.4 is 11.2 Å². The summed E-state index contributed by atoms with van der Waals surface area (Å²) in [5.41, 5.74) is 0.0121. The average Bonchev–Trinajstić information content (AvgIpc) is 2.70. The van der Waals surface area contributed by atoms with Crippen molar-refractivity contribution in [3.05, 3.63) is 81.5 Å². The molecule has 0 atom stereocenters. The first-order chi connectivity index (χ1) is 10.8. The molecule has 2 aromatic carbocycles. The Balaban J connectivity index is 2.22. The van der Waals surface area contributed by atoms with Gasteiger partial charge in [0.1, 0.15) is 11.0 Å². The van der Waals surface area contributed by atoms with Crippen molar-refractivity contribution in [3.8, 4) is 5.69 Å². The molecule has 0 amide bonds. The van der Waals surface area contributed by atoms with Gasteiger partial charge in [-0.05, 0) is 18.2 Å². The number of fused-ring (bicyclic) bond motifs is 3. The van der Waals surface area contributed by atoms with Crippen molar-refractivity contribution in [3.63, 3.8) is 0 Å². The zero-order valence-corrected chi connectivity index (χ0v) is 11.4. The van der Waals surface area contributed by atoms with Gasteiger partial charge in [-0.1, -0.05) is 42.5 Å². The number of nitrogens with zero attached hydrogens (tertiary/aromatic N) is 2. The summed E-state index contributed by atoms with van der Waals surface area (Å²) < 4.78 is 6.60. The molecule has 22 heavy (non-hydrogen) atoms. The van der Waals surface area contributed by atoms with Crippen molar-refractivity contribution < 1.29 is 4.42 Å². The molecule has 0 radical (unpaired) electrons. The average molecular weight is 290 g/mol. The second kappa shape index (κ2) is 4.66. The van der Waals surface area contributed by atoms with Gasteiger partial charge in [-0.15, -0.1) is 0 Å². The van der Waals surface area contributed by atoms with E-state index in [1.807, 2.05) is 18.2 Å². The quantitative estimate of drug-likeness (QED) is 0.540. The molecule has 5 nitrogen and oxygen atoms in total. The fourth-order valence-corrected chi connectivity index (χ4v) is 2.52. The third kappa shape index (κ3) is 1.76. The number of rotatable bonds is 1. The van der Waals surface area contributed by atoms with E-state index in [1.54, 1.807) is 42.5 Å². The molecule has 0 spiro atoms. The van der Waals surface area contributed by atoms with Crippen LogP contribution in [0.4, 0.5) is 0 Å². The van der Waals surface area contributed by atoms with E-state index < -0.39 is 11.2 Å². The summed E-state index contributed by atoms with van der Waals surface area (Å²) in [5, 5.41) is 0.955. The van der Waals surface area contributed by atoms with Gasteiger partial charge in [-0.3, -0.25) is 4.79 Å². The molecule has 0 aliphatic carbocycles. The minimum Gasteiger partial charge on any atom is -0.437 e. The number of benzene rings is 1. The molecular weight excluding hydrogens is 280 g/mol. The molecular formula is C17H10N2O3. The van der Waals surface area contributed by atoms with Crippen molar-refractivity contribution >= 4 is 22.1 Å². The van der Waals surface area contributed by atoms with Gasteiger partial charge in [-0.25, -0.2) is 9.36 Å². The highest BCUT2D eigenvalue weighted by Crippen LogP contribution is 2.23. The van der Waals surface area contributed by atoms with Gasteiger partial charge >= 0.3 is 5.69 Å². The number of para-hydroxylation sites is 1. The molecule has 0 fully saturated rings. The Morgan fingerprint density at radius 3 is 2.32 bits per heavy atom. The van der Waals surface area contributed by atoms with Gasteiger partial charge in [0.2, 0.25) is 5.71 Å². The molecule has 0 bridgehead atoms. The molecule has 5 heteroatoms. The second-order valence-electron chi connectivity index (χ2n) is 4.84. The standard InChI is InChI=1S/C17H10N2O3/c20-16-14-12-9-5-2-6-10-13(12)22-15(14)18-17(21)19(16)11-7-3-1-4-8-11/h1-10H. The van der Waals surface area contributed by atoms with E-state index in [2.05, 4.69) is 4.98 Å². The number of hydrogen-bond donors (Lipinski definition) is 0. The Bertz CT molecular complexity index is 1110. The van der Waals surface area contributed by atoms with Crippen LogP contribution in [0.15, 0.2) is 74.7 Å². The molecule has 4 aromatic rings. The SMILES string of the molecule is O=c1nc2oc3cccccc3c2c(=O)n1-c1ccccc1. The van der Waals surface area contributed by atoms with E-state index in [-0.39, 0.29) is 5.71 Å². The maximum atomic E-state index is 12.8. The highest BCUT2D eigenvalue weighted by Gasteiger charge is 2.16. The van der Waals surface area contributed by atoms with Gasteiger partial charge in [0.15, 0.2) is 0 Å². The van der Waals surface area contributed by atoms with Crippen LogP contribution in [0.1, 0.15) is 0 Å². The topological polar surface area (TPSA) is 65.1 Å². The zero-order chi connectivity index (χ0) is 15.1. The van der Waals surface area contributed by atoms with E-state index in [0.29, 0.717) is 22.0 Å². The highest BCUT2D eigenvalue weighted by atomic mass is 16.3. The van der Waals surface area contributed by atoms with E-state index in [1.165, 1.54) is 0 Å². The summed E-state index contributed by atoms with van der Waals surface area (Å²) in [6.45, 7) is 0. The summed E-state index contributed by atoms with van der Waals surface area (Å²) in [5.74, 6) is 0. The Morgan fingerprint density at radius 1 is 0.864 bits per heavy atom. The number of aromatic nitrogens is 2. The van der Waals surface area contributed by atoms with Gasteiger partial charge < -0.3 is 4.42 Å². The lowest BCUT2D eigenvalue weighted by atomic mass is 10.2. The van der Waals surface area contributed by atoms with Gasteiger partial charge in [0, 0.05) is 5.39 Å². The van der Waals surface area contributed by atoms with Crippen LogP contribution in [0.3, 0.4) is 0 Å². The van der Waals surface area contributed by atoms with Crippen molar-refractivity contribution in [2.45, 2.75) is 0 Å².